The second-order valence-corrected chi connectivity index (χ2v) is 3.29. The highest BCUT2D eigenvalue weighted by molar-refractivity contribution is 4.77. The summed E-state index contributed by atoms with van der Waals surface area (Å²) >= 11 is 0. The second kappa shape index (κ2) is 3.94. The minimum atomic E-state index is 0.269. The van der Waals surface area contributed by atoms with Crippen molar-refractivity contribution in [1.29, 1.82) is 0 Å². The van der Waals surface area contributed by atoms with Gasteiger partial charge in [-0.1, -0.05) is 6.92 Å². The van der Waals surface area contributed by atoms with Crippen LogP contribution in [0.3, 0.4) is 0 Å². The molecule has 10 heavy (non-hydrogen) atoms. The lowest BCUT2D eigenvalue weighted by Gasteiger charge is -2.09. The molecule has 1 rings (SSSR count). The van der Waals surface area contributed by atoms with E-state index < -0.39 is 0 Å². The Kier molecular flexibility index (Phi) is 3.16. The fraction of sp³-hybridized carbons (Fsp3) is 1.00. The summed E-state index contributed by atoms with van der Waals surface area (Å²) in [5, 5.41) is 11.8. The molecule has 0 spiro atoms. The van der Waals surface area contributed by atoms with Crippen molar-refractivity contribution >= 4 is 0 Å². The van der Waals surface area contributed by atoms with E-state index in [2.05, 4.69) is 12.2 Å². The van der Waals surface area contributed by atoms with Gasteiger partial charge in [-0.2, -0.15) is 0 Å². The van der Waals surface area contributed by atoms with E-state index in [1.807, 2.05) is 0 Å². The van der Waals surface area contributed by atoms with Crippen LogP contribution in [0.25, 0.3) is 0 Å². The van der Waals surface area contributed by atoms with Crippen molar-refractivity contribution in [3.8, 4) is 0 Å². The Morgan fingerprint density at radius 3 is 2.80 bits per heavy atom. The molecule has 0 heterocycles. The van der Waals surface area contributed by atoms with E-state index in [-0.39, 0.29) is 6.61 Å². The maximum Gasteiger partial charge on any atom is 0.0556 e. The number of rotatable bonds is 3. The number of hydrogen-bond acceptors (Lipinski definition) is 2. The first-order chi connectivity index (χ1) is 4.83. The summed E-state index contributed by atoms with van der Waals surface area (Å²) in [5.41, 5.74) is 0. The summed E-state index contributed by atoms with van der Waals surface area (Å²) in [7, 11) is 0. The number of aliphatic hydroxyl groups excluding tert-OH is 1. The van der Waals surface area contributed by atoms with Crippen LogP contribution in [0.1, 0.15) is 26.2 Å². The van der Waals surface area contributed by atoms with Crippen molar-refractivity contribution in [2.24, 2.45) is 5.92 Å². The minimum absolute atomic E-state index is 0.269. The average Bonchev–Trinajstić information content (AvgIpc) is 2.31. The van der Waals surface area contributed by atoms with Crippen LogP contribution in [-0.2, 0) is 0 Å². The Morgan fingerprint density at radius 1 is 1.50 bits per heavy atom. The van der Waals surface area contributed by atoms with Crippen LogP contribution in [0.4, 0.5) is 0 Å². The predicted octanol–water partition coefficient (Wildman–Crippen LogP) is 0.757. The third-order valence-electron chi connectivity index (χ3n) is 2.24. The van der Waals surface area contributed by atoms with Gasteiger partial charge < -0.3 is 10.4 Å². The lowest BCUT2D eigenvalue weighted by molar-refractivity contribution is 0.283. The Hall–Kier alpha value is -0.0800. The molecule has 1 fully saturated rings. The smallest absolute Gasteiger partial charge is 0.0556 e. The number of aliphatic hydroxyl groups is 1. The molecule has 2 N–H and O–H groups in total. The Balaban J connectivity index is 2.06. The van der Waals surface area contributed by atoms with E-state index >= 15 is 0 Å². The standard InChI is InChI=1S/C8H17NO/c1-7-2-3-8(6-7)9-4-5-10/h7-10H,2-6H2,1H3/t7-,8-/m0/s1. The van der Waals surface area contributed by atoms with Gasteiger partial charge in [0.1, 0.15) is 0 Å². The van der Waals surface area contributed by atoms with Gasteiger partial charge in [-0.15, -0.1) is 0 Å². The molecule has 1 aliphatic rings. The molecule has 2 nitrogen and oxygen atoms in total. The van der Waals surface area contributed by atoms with Gasteiger partial charge in [-0.25, -0.2) is 0 Å². The van der Waals surface area contributed by atoms with E-state index in [0.29, 0.717) is 6.04 Å². The van der Waals surface area contributed by atoms with Crippen LogP contribution in [0, 0.1) is 5.92 Å². The number of hydrogen-bond donors (Lipinski definition) is 2. The molecular formula is C8H17NO. The molecule has 1 aliphatic carbocycles. The zero-order valence-electron chi connectivity index (χ0n) is 6.64. The van der Waals surface area contributed by atoms with Crippen molar-refractivity contribution in [2.75, 3.05) is 13.2 Å². The summed E-state index contributed by atoms with van der Waals surface area (Å²) in [4.78, 5) is 0. The van der Waals surface area contributed by atoms with Gasteiger partial charge in [0.2, 0.25) is 0 Å². The Morgan fingerprint density at radius 2 is 2.30 bits per heavy atom. The molecule has 0 unspecified atom stereocenters. The molecule has 0 aromatic rings. The van der Waals surface area contributed by atoms with E-state index in [9.17, 15) is 0 Å². The predicted molar refractivity (Wildman–Crippen MR) is 41.9 cm³/mol. The Bertz CT molecular complexity index is 95.3. The molecular weight excluding hydrogens is 126 g/mol. The topological polar surface area (TPSA) is 32.3 Å². The minimum Gasteiger partial charge on any atom is -0.395 e. The van der Waals surface area contributed by atoms with E-state index in [1.54, 1.807) is 0 Å². The lowest BCUT2D eigenvalue weighted by atomic mass is 10.1. The van der Waals surface area contributed by atoms with Crippen molar-refractivity contribution in [3.63, 3.8) is 0 Å². The fourth-order valence-electron chi connectivity index (χ4n) is 1.66. The van der Waals surface area contributed by atoms with Crippen molar-refractivity contribution < 1.29 is 5.11 Å². The van der Waals surface area contributed by atoms with Crippen LogP contribution in [0.5, 0.6) is 0 Å². The maximum atomic E-state index is 8.53. The van der Waals surface area contributed by atoms with Crippen molar-refractivity contribution in [3.05, 3.63) is 0 Å². The quantitative estimate of drug-likeness (QED) is 0.611. The van der Waals surface area contributed by atoms with Crippen LogP contribution in [0.2, 0.25) is 0 Å². The molecule has 2 heteroatoms. The first-order valence-electron chi connectivity index (χ1n) is 4.17. The van der Waals surface area contributed by atoms with Crippen LogP contribution >= 0.6 is 0 Å². The first-order valence-corrected chi connectivity index (χ1v) is 4.17. The van der Waals surface area contributed by atoms with Gasteiger partial charge in [0.25, 0.3) is 0 Å². The van der Waals surface area contributed by atoms with E-state index in [0.717, 1.165) is 12.5 Å². The molecule has 0 bridgehead atoms. The highest BCUT2D eigenvalue weighted by atomic mass is 16.3. The van der Waals surface area contributed by atoms with Gasteiger partial charge >= 0.3 is 0 Å². The highest BCUT2D eigenvalue weighted by Gasteiger charge is 2.19. The zero-order valence-corrected chi connectivity index (χ0v) is 6.64. The summed E-state index contributed by atoms with van der Waals surface area (Å²) < 4.78 is 0. The molecule has 0 aromatic carbocycles. The third kappa shape index (κ3) is 2.27. The normalized spacial score (nSPS) is 33.0. The highest BCUT2D eigenvalue weighted by Crippen LogP contribution is 2.24. The number of nitrogens with one attached hydrogen (secondary N) is 1. The van der Waals surface area contributed by atoms with Gasteiger partial charge in [0.05, 0.1) is 6.61 Å². The van der Waals surface area contributed by atoms with E-state index in [1.165, 1.54) is 19.3 Å². The molecule has 0 aliphatic heterocycles. The summed E-state index contributed by atoms with van der Waals surface area (Å²) in [5.74, 6) is 0.885. The fourth-order valence-corrected chi connectivity index (χ4v) is 1.66. The monoisotopic (exact) mass is 143 g/mol. The van der Waals surface area contributed by atoms with Gasteiger partial charge in [-0.05, 0) is 25.2 Å². The van der Waals surface area contributed by atoms with E-state index in [4.69, 9.17) is 5.11 Å². The summed E-state index contributed by atoms with van der Waals surface area (Å²) in [6.07, 6.45) is 3.93. The molecule has 0 radical (unpaired) electrons. The Labute approximate surface area is 62.6 Å². The maximum absolute atomic E-state index is 8.53. The SMILES string of the molecule is C[C@H]1CC[C@H](NCCO)C1. The molecule has 60 valence electrons. The third-order valence-corrected chi connectivity index (χ3v) is 2.24. The largest absolute Gasteiger partial charge is 0.395 e. The summed E-state index contributed by atoms with van der Waals surface area (Å²) in [6, 6.07) is 0.683. The average molecular weight is 143 g/mol. The zero-order chi connectivity index (χ0) is 7.40. The van der Waals surface area contributed by atoms with Crippen molar-refractivity contribution in [1.82, 2.24) is 5.32 Å². The summed E-state index contributed by atoms with van der Waals surface area (Å²) in [6.45, 7) is 3.32. The lowest BCUT2D eigenvalue weighted by Crippen LogP contribution is -2.28. The van der Waals surface area contributed by atoms with Crippen LogP contribution in [0.15, 0.2) is 0 Å². The van der Waals surface area contributed by atoms with Crippen LogP contribution in [-0.4, -0.2) is 24.3 Å². The van der Waals surface area contributed by atoms with Crippen molar-refractivity contribution in [2.45, 2.75) is 32.2 Å². The molecule has 0 amide bonds. The van der Waals surface area contributed by atoms with Gasteiger partial charge in [0, 0.05) is 12.6 Å². The first kappa shape index (κ1) is 8.02. The van der Waals surface area contributed by atoms with Gasteiger partial charge in [-0.3, -0.25) is 0 Å². The molecule has 2 atom stereocenters. The van der Waals surface area contributed by atoms with Crippen LogP contribution < -0.4 is 5.32 Å². The van der Waals surface area contributed by atoms with Gasteiger partial charge in [0.15, 0.2) is 0 Å². The molecule has 0 aromatic heterocycles. The molecule has 1 saturated carbocycles. The molecule has 0 saturated heterocycles. The second-order valence-electron chi connectivity index (χ2n) is 3.29.